The molecule has 1 saturated heterocycles. The molecule has 0 aromatic heterocycles. The maximum atomic E-state index is 14.8. The number of hydrogen-bond donors (Lipinski definition) is 1. The van der Waals surface area contributed by atoms with E-state index < -0.39 is 5.97 Å². The SMILES string of the molecule is C=C(C)C1Nc2ccccc2C1C1CCCN(Cc2ccc(C=CC(=O)OC)cc2F)C1. The highest BCUT2D eigenvalue weighted by Gasteiger charge is 2.39. The second kappa shape index (κ2) is 9.70. The highest BCUT2D eigenvalue weighted by atomic mass is 19.1. The first-order valence-corrected chi connectivity index (χ1v) is 11.2. The lowest BCUT2D eigenvalue weighted by atomic mass is 9.77. The predicted molar refractivity (Wildman–Crippen MR) is 127 cm³/mol. The van der Waals surface area contributed by atoms with Crippen LogP contribution in [0.2, 0.25) is 0 Å². The molecule has 0 aliphatic carbocycles. The van der Waals surface area contributed by atoms with Crippen LogP contribution in [0.4, 0.5) is 10.1 Å². The standard InChI is InChI=1S/C27H31FN2O2/c1-18(2)27-26(22-8-4-5-9-24(22)29-27)21-7-6-14-30(17-21)16-20-12-10-19(15-23(20)28)11-13-25(31)32-3/h4-5,8-13,15,21,26-27,29H,1,6-7,14,16-17H2,2-3H3. The summed E-state index contributed by atoms with van der Waals surface area (Å²) in [4.78, 5) is 13.6. The van der Waals surface area contributed by atoms with Crippen molar-refractivity contribution >= 4 is 17.7 Å². The van der Waals surface area contributed by atoms with E-state index in [1.54, 1.807) is 6.08 Å². The van der Waals surface area contributed by atoms with E-state index in [-0.39, 0.29) is 11.9 Å². The topological polar surface area (TPSA) is 41.6 Å². The number of likely N-dealkylation sites (tertiary alicyclic amines) is 1. The van der Waals surface area contributed by atoms with E-state index in [1.165, 1.54) is 36.9 Å². The number of carbonyl (C=O) groups excluding carboxylic acids is 1. The highest BCUT2D eigenvalue weighted by molar-refractivity contribution is 5.86. The molecule has 2 aliphatic rings. The van der Waals surface area contributed by atoms with Gasteiger partial charge in [0.25, 0.3) is 0 Å². The van der Waals surface area contributed by atoms with Gasteiger partial charge in [0.2, 0.25) is 0 Å². The molecule has 2 aromatic rings. The molecule has 168 valence electrons. The number of anilines is 1. The second-order valence-corrected chi connectivity index (χ2v) is 8.93. The molecule has 0 amide bonds. The molecule has 0 saturated carbocycles. The van der Waals surface area contributed by atoms with Gasteiger partial charge in [0.1, 0.15) is 5.82 Å². The lowest BCUT2D eigenvalue weighted by Crippen LogP contribution is -2.40. The molecule has 2 heterocycles. The van der Waals surface area contributed by atoms with Gasteiger partial charge in [-0.2, -0.15) is 0 Å². The van der Waals surface area contributed by atoms with E-state index in [2.05, 4.69) is 52.7 Å². The fourth-order valence-electron chi connectivity index (χ4n) is 5.11. The lowest BCUT2D eigenvalue weighted by Gasteiger charge is -2.38. The Hall–Kier alpha value is -2.92. The van der Waals surface area contributed by atoms with Gasteiger partial charge in [-0.05, 0) is 61.6 Å². The largest absolute Gasteiger partial charge is 0.466 e. The molecule has 2 aromatic carbocycles. The van der Waals surface area contributed by atoms with Crippen LogP contribution in [-0.2, 0) is 16.1 Å². The fraction of sp³-hybridized carbons (Fsp3) is 0.370. The summed E-state index contributed by atoms with van der Waals surface area (Å²) in [6.07, 6.45) is 5.14. The summed E-state index contributed by atoms with van der Waals surface area (Å²) >= 11 is 0. The van der Waals surface area contributed by atoms with Crippen LogP contribution < -0.4 is 5.32 Å². The summed E-state index contributed by atoms with van der Waals surface area (Å²) in [7, 11) is 1.32. The van der Waals surface area contributed by atoms with Gasteiger partial charge in [-0.1, -0.05) is 42.5 Å². The van der Waals surface area contributed by atoms with E-state index in [4.69, 9.17) is 0 Å². The number of carbonyl (C=O) groups is 1. The van der Waals surface area contributed by atoms with Crippen LogP contribution in [-0.4, -0.2) is 37.1 Å². The third-order valence-electron chi connectivity index (χ3n) is 6.65. The number of hydrogen-bond acceptors (Lipinski definition) is 4. The molecule has 1 fully saturated rings. The summed E-state index contributed by atoms with van der Waals surface area (Å²) in [6, 6.07) is 13.9. The summed E-state index contributed by atoms with van der Waals surface area (Å²) < 4.78 is 19.4. The number of piperidine rings is 1. The van der Waals surface area contributed by atoms with Gasteiger partial charge in [0.05, 0.1) is 13.2 Å². The van der Waals surface area contributed by atoms with Gasteiger partial charge in [0.15, 0.2) is 0 Å². The second-order valence-electron chi connectivity index (χ2n) is 8.93. The van der Waals surface area contributed by atoms with Crippen molar-refractivity contribution in [3.05, 3.63) is 83.2 Å². The van der Waals surface area contributed by atoms with E-state index in [0.29, 0.717) is 29.5 Å². The number of ether oxygens (including phenoxy) is 1. The van der Waals surface area contributed by atoms with Gasteiger partial charge in [-0.25, -0.2) is 9.18 Å². The zero-order chi connectivity index (χ0) is 22.7. The van der Waals surface area contributed by atoms with Gasteiger partial charge in [-0.15, -0.1) is 0 Å². The molecule has 0 spiro atoms. The molecule has 5 heteroatoms. The average molecular weight is 435 g/mol. The smallest absolute Gasteiger partial charge is 0.330 e. The fourth-order valence-corrected chi connectivity index (χ4v) is 5.11. The van der Waals surface area contributed by atoms with Gasteiger partial charge < -0.3 is 10.1 Å². The Morgan fingerprint density at radius 3 is 2.88 bits per heavy atom. The Balaban J connectivity index is 1.47. The Morgan fingerprint density at radius 2 is 2.12 bits per heavy atom. The van der Waals surface area contributed by atoms with Gasteiger partial charge in [0, 0.05) is 36.3 Å². The monoisotopic (exact) mass is 434 g/mol. The minimum absolute atomic E-state index is 0.244. The predicted octanol–water partition coefficient (Wildman–Crippen LogP) is 5.38. The van der Waals surface area contributed by atoms with Crippen LogP contribution in [0.3, 0.4) is 0 Å². The number of methoxy groups -OCH3 is 1. The van der Waals surface area contributed by atoms with Gasteiger partial charge >= 0.3 is 5.97 Å². The van der Waals surface area contributed by atoms with E-state index >= 15 is 0 Å². The maximum absolute atomic E-state index is 14.8. The van der Waals surface area contributed by atoms with Crippen molar-refractivity contribution in [2.75, 3.05) is 25.5 Å². The van der Waals surface area contributed by atoms with Crippen LogP contribution in [0.15, 0.2) is 60.7 Å². The minimum Gasteiger partial charge on any atom is -0.466 e. The van der Waals surface area contributed by atoms with E-state index in [1.807, 2.05) is 12.1 Å². The Kier molecular flexibility index (Phi) is 6.75. The van der Waals surface area contributed by atoms with Crippen molar-refractivity contribution in [3.63, 3.8) is 0 Å². The highest BCUT2D eigenvalue weighted by Crippen LogP contribution is 2.45. The van der Waals surface area contributed by atoms with Crippen LogP contribution in [0, 0.1) is 11.7 Å². The molecule has 4 rings (SSSR count). The number of halogens is 1. The quantitative estimate of drug-likeness (QED) is 0.377. The number of nitrogens with one attached hydrogen (secondary N) is 1. The van der Waals surface area contributed by atoms with E-state index in [9.17, 15) is 9.18 Å². The van der Waals surface area contributed by atoms with Crippen LogP contribution in [0.1, 0.15) is 42.4 Å². The number of para-hydroxylation sites is 1. The Bertz CT molecular complexity index is 1030. The normalized spacial score (nSPS) is 23.0. The maximum Gasteiger partial charge on any atom is 0.330 e. The number of rotatable bonds is 6. The number of fused-ring (bicyclic) bond motifs is 1. The first kappa shape index (κ1) is 22.3. The summed E-state index contributed by atoms with van der Waals surface area (Å²) in [5, 5.41) is 3.67. The lowest BCUT2D eigenvalue weighted by molar-refractivity contribution is -0.134. The molecule has 4 nitrogen and oxygen atoms in total. The van der Waals surface area contributed by atoms with Crippen LogP contribution in [0.25, 0.3) is 6.08 Å². The van der Waals surface area contributed by atoms with Crippen molar-refractivity contribution in [1.82, 2.24) is 4.90 Å². The molecular formula is C27H31FN2O2. The molecule has 0 radical (unpaired) electrons. The first-order valence-electron chi connectivity index (χ1n) is 11.2. The molecule has 0 bridgehead atoms. The molecule has 3 atom stereocenters. The van der Waals surface area contributed by atoms with Crippen LogP contribution >= 0.6 is 0 Å². The Morgan fingerprint density at radius 1 is 1.31 bits per heavy atom. The third-order valence-corrected chi connectivity index (χ3v) is 6.65. The summed E-state index contributed by atoms with van der Waals surface area (Å²) in [5.41, 5.74) is 5.07. The van der Waals surface area contributed by atoms with Crippen molar-refractivity contribution in [2.45, 2.75) is 38.3 Å². The average Bonchev–Trinajstić information content (AvgIpc) is 3.19. The molecule has 32 heavy (non-hydrogen) atoms. The Labute approximate surface area is 189 Å². The van der Waals surface area contributed by atoms with Crippen molar-refractivity contribution in [1.29, 1.82) is 0 Å². The van der Waals surface area contributed by atoms with Crippen molar-refractivity contribution in [3.8, 4) is 0 Å². The molecule has 3 unspecified atom stereocenters. The zero-order valence-corrected chi connectivity index (χ0v) is 18.8. The number of nitrogens with zero attached hydrogens (tertiary/aromatic N) is 1. The van der Waals surface area contributed by atoms with Crippen LogP contribution in [0.5, 0.6) is 0 Å². The minimum atomic E-state index is -0.454. The first-order chi connectivity index (χ1) is 15.5. The molecular weight excluding hydrogens is 403 g/mol. The zero-order valence-electron chi connectivity index (χ0n) is 18.8. The molecule has 2 aliphatic heterocycles. The van der Waals surface area contributed by atoms with E-state index in [0.717, 1.165) is 25.1 Å². The third kappa shape index (κ3) is 4.78. The van der Waals surface area contributed by atoms with Crippen molar-refractivity contribution in [2.24, 2.45) is 5.92 Å². The summed E-state index contributed by atoms with van der Waals surface area (Å²) in [6.45, 7) is 8.84. The van der Waals surface area contributed by atoms with Gasteiger partial charge in [-0.3, -0.25) is 4.90 Å². The number of benzene rings is 2. The summed E-state index contributed by atoms with van der Waals surface area (Å²) in [5.74, 6) is 0.186. The van der Waals surface area contributed by atoms with Crippen molar-refractivity contribution < 1.29 is 13.9 Å². The number of esters is 1. The molecule has 1 N–H and O–H groups in total.